The minimum absolute atomic E-state index is 0.00289. The van der Waals surface area contributed by atoms with Crippen molar-refractivity contribution in [1.82, 2.24) is 4.31 Å². The minimum Gasteiger partial charge on any atom is -0.478 e. The molecule has 0 amide bonds. The van der Waals surface area contributed by atoms with E-state index in [1.165, 1.54) is 7.11 Å². The lowest BCUT2D eigenvalue weighted by atomic mass is 10.1. The number of ether oxygens (including phenoxy) is 1. The maximum atomic E-state index is 13.6. The van der Waals surface area contributed by atoms with Crippen molar-refractivity contribution in [3.63, 3.8) is 0 Å². The molecule has 0 unspecified atom stereocenters. The van der Waals surface area contributed by atoms with Crippen molar-refractivity contribution in [2.45, 2.75) is 6.10 Å². The molecule has 1 saturated heterocycles. The second kappa shape index (κ2) is 5.74. The van der Waals surface area contributed by atoms with Crippen molar-refractivity contribution in [3.05, 3.63) is 29.1 Å². The summed E-state index contributed by atoms with van der Waals surface area (Å²) in [7, 11) is -2.85. The van der Waals surface area contributed by atoms with Gasteiger partial charge >= 0.3 is 16.2 Å². The van der Waals surface area contributed by atoms with Crippen molar-refractivity contribution in [1.29, 1.82) is 0 Å². The first-order valence-corrected chi connectivity index (χ1v) is 7.33. The summed E-state index contributed by atoms with van der Waals surface area (Å²) in [5, 5.41) is 8.70. The minimum atomic E-state index is -4.23. The van der Waals surface area contributed by atoms with E-state index < -0.39 is 44.9 Å². The molecule has 11 heteroatoms. The predicted molar refractivity (Wildman–Crippen MR) is 68.2 cm³/mol. The Bertz CT molecular complexity index is 719. The van der Waals surface area contributed by atoms with Crippen molar-refractivity contribution >= 4 is 21.9 Å². The smallest absolute Gasteiger partial charge is 0.338 e. The van der Waals surface area contributed by atoms with E-state index >= 15 is 0 Å². The molecule has 0 radical (unpaired) electrons. The zero-order valence-electron chi connectivity index (χ0n) is 11.1. The van der Waals surface area contributed by atoms with E-state index in [1.807, 2.05) is 0 Å². The van der Waals surface area contributed by atoms with Crippen LogP contribution in [0.25, 0.3) is 0 Å². The Morgan fingerprint density at radius 1 is 1.32 bits per heavy atom. The molecule has 2 rings (SSSR count). The summed E-state index contributed by atoms with van der Waals surface area (Å²) in [6, 6.07) is 0.376. The highest BCUT2D eigenvalue weighted by molar-refractivity contribution is 7.90. The number of halogens is 3. The Hall–Kier alpha value is -1.85. The largest absolute Gasteiger partial charge is 0.478 e. The molecule has 0 saturated carbocycles. The van der Waals surface area contributed by atoms with Crippen molar-refractivity contribution in [2.75, 3.05) is 24.9 Å². The highest BCUT2D eigenvalue weighted by atomic mass is 32.2. The van der Waals surface area contributed by atoms with Crippen LogP contribution < -0.4 is 4.72 Å². The van der Waals surface area contributed by atoms with E-state index in [9.17, 15) is 26.4 Å². The van der Waals surface area contributed by atoms with Crippen molar-refractivity contribution < 1.29 is 36.2 Å². The van der Waals surface area contributed by atoms with Gasteiger partial charge in [-0.2, -0.15) is 12.7 Å². The average molecular weight is 340 g/mol. The topological polar surface area (TPSA) is 95.9 Å². The fourth-order valence-corrected chi connectivity index (χ4v) is 3.06. The first-order chi connectivity index (χ1) is 10.2. The second-order valence-electron chi connectivity index (χ2n) is 4.50. The second-order valence-corrected chi connectivity index (χ2v) is 6.17. The number of carbonyl (C=O) groups is 1. The van der Waals surface area contributed by atoms with Gasteiger partial charge in [0.15, 0.2) is 17.5 Å². The Morgan fingerprint density at radius 3 is 2.41 bits per heavy atom. The zero-order chi connectivity index (χ0) is 16.7. The molecule has 122 valence electrons. The Balaban J connectivity index is 2.32. The number of rotatable bonds is 5. The average Bonchev–Trinajstić information content (AvgIpc) is 2.37. The first kappa shape index (κ1) is 16.5. The van der Waals surface area contributed by atoms with Crippen molar-refractivity contribution in [2.24, 2.45) is 0 Å². The summed E-state index contributed by atoms with van der Waals surface area (Å²) in [5.74, 6) is -7.66. The number of anilines is 1. The third kappa shape index (κ3) is 2.87. The van der Waals surface area contributed by atoms with Crippen LogP contribution >= 0.6 is 0 Å². The van der Waals surface area contributed by atoms with E-state index in [4.69, 9.17) is 9.84 Å². The maximum absolute atomic E-state index is 13.6. The lowest BCUT2D eigenvalue weighted by Gasteiger charge is -2.36. The van der Waals surface area contributed by atoms with Crippen LogP contribution in [0.4, 0.5) is 18.9 Å². The van der Waals surface area contributed by atoms with Crippen LogP contribution in [-0.4, -0.2) is 50.1 Å². The fraction of sp³-hybridized carbons (Fsp3) is 0.364. The highest BCUT2D eigenvalue weighted by Gasteiger charge is 2.37. The first-order valence-electron chi connectivity index (χ1n) is 5.88. The number of aromatic carboxylic acids is 1. The fourth-order valence-electron chi connectivity index (χ4n) is 1.78. The number of hydrogen-bond donors (Lipinski definition) is 2. The van der Waals surface area contributed by atoms with E-state index in [0.29, 0.717) is 6.07 Å². The molecular formula is C11H11F3N2O5S. The van der Waals surface area contributed by atoms with E-state index in [1.54, 1.807) is 4.72 Å². The van der Waals surface area contributed by atoms with Gasteiger partial charge in [0.2, 0.25) is 0 Å². The molecule has 0 atom stereocenters. The summed E-state index contributed by atoms with van der Waals surface area (Å²) in [6.45, 7) is 0.00579. The number of carboxylic acids is 1. The normalized spacial score (nSPS) is 16.4. The molecular weight excluding hydrogens is 329 g/mol. The molecule has 7 nitrogen and oxygen atoms in total. The van der Waals surface area contributed by atoms with Crippen LogP contribution in [0.3, 0.4) is 0 Å². The monoisotopic (exact) mass is 340 g/mol. The Morgan fingerprint density at radius 2 is 1.91 bits per heavy atom. The lowest BCUT2D eigenvalue weighted by molar-refractivity contribution is 0.0128. The number of hydrogen-bond acceptors (Lipinski definition) is 4. The van der Waals surface area contributed by atoms with Gasteiger partial charge in [-0.3, -0.25) is 4.72 Å². The standard InChI is InChI=1S/C11H11F3N2O5S/c1-21-5-3-16(4-5)22(19,20)15-7-2-6(11(17)18)8(12)10(14)9(7)13/h2,5,15H,3-4H2,1H3,(H,17,18). The van der Waals surface area contributed by atoms with Crippen LogP contribution in [0, 0.1) is 17.5 Å². The molecule has 1 aromatic rings. The van der Waals surface area contributed by atoms with Crippen LogP contribution in [-0.2, 0) is 14.9 Å². The number of benzene rings is 1. The SMILES string of the molecule is COC1CN(S(=O)(=O)Nc2cc(C(=O)O)c(F)c(F)c2F)C1. The summed E-state index contributed by atoms with van der Waals surface area (Å²) in [5.41, 5.74) is -2.17. The van der Waals surface area contributed by atoms with Crippen molar-refractivity contribution in [3.8, 4) is 0 Å². The third-order valence-corrected chi connectivity index (χ3v) is 4.56. The van der Waals surface area contributed by atoms with Crippen LogP contribution in [0.2, 0.25) is 0 Å². The number of nitrogens with zero attached hydrogens (tertiary/aromatic N) is 1. The number of carboxylic acid groups (broad SMARTS) is 1. The molecule has 0 spiro atoms. The lowest BCUT2D eigenvalue weighted by Crippen LogP contribution is -2.55. The summed E-state index contributed by atoms with van der Waals surface area (Å²) in [4.78, 5) is 10.8. The molecule has 2 N–H and O–H groups in total. The van der Waals surface area contributed by atoms with Gasteiger partial charge in [-0.1, -0.05) is 0 Å². The summed E-state index contributed by atoms with van der Waals surface area (Å²) >= 11 is 0. The Kier molecular flexibility index (Phi) is 4.31. The molecule has 1 aliphatic rings. The van der Waals surface area contributed by atoms with Gasteiger partial charge in [-0.15, -0.1) is 0 Å². The van der Waals surface area contributed by atoms with Gasteiger partial charge in [-0.25, -0.2) is 18.0 Å². The molecule has 22 heavy (non-hydrogen) atoms. The quantitative estimate of drug-likeness (QED) is 0.773. The molecule has 1 aliphatic heterocycles. The van der Waals surface area contributed by atoms with E-state index in [0.717, 1.165) is 4.31 Å². The number of nitrogens with one attached hydrogen (secondary N) is 1. The van der Waals surface area contributed by atoms with E-state index in [2.05, 4.69) is 0 Å². The highest BCUT2D eigenvalue weighted by Crippen LogP contribution is 2.26. The predicted octanol–water partition coefficient (Wildman–Crippen LogP) is 0.789. The molecule has 1 fully saturated rings. The van der Waals surface area contributed by atoms with Gasteiger partial charge in [-0.05, 0) is 6.07 Å². The third-order valence-electron chi connectivity index (χ3n) is 3.10. The maximum Gasteiger partial charge on any atom is 0.338 e. The van der Waals surface area contributed by atoms with Crippen LogP contribution in [0.5, 0.6) is 0 Å². The van der Waals surface area contributed by atoms with Gasteiger partial charge in [0.05, 0.1) is 11.8 Å². The van der Waals surface area contributed by atoms with Crippen LogP contribution in [0.1, 0.15) is 10.4 Å². The molecule has 0 bridgehead atoms. The van der Waals surface area contributed by atoms with Gasteiger partial charge in [0.25, 0.3) is 0 Å². The number of methoxy groups -OCH3 is 1. The molecule has 0 aliphatic carbocycles. The van der Waals surface area contributed by atoms with Gasteiger partial charge in [0.1, 0.15) is 5.56 Å². The van der Waals surface area contributed by atoms with Gasteiger partial charge in [0, 0.05) is 20.2 Å². The van der Waals surface area contributed by atoms with Gasteiger partial charge < -0.3 is 9.84 Å². The summed E-state index contributed by atoms with van der Waals surface area (Å²) < 4.78 is 71.4. The van der Waals surface area contributed by atoms with E-state index in [-0.39, 0.29) is 19.2 Å². The molecule has 1 heterocycles. The summed E-state index contributed by atoms with van der Waals surface area (Å²) in [6.07, 6.45) is -0.319. The van der Waals surface area contributed by atoms with Crippen LogP contribution in [0.15, 0.2) is 6.07 Å². The zero-order valence-corrected chi connectivity index (χ0v) is 12.0. The molecule has 1 aromatic carbocycles. The molecule has 0 aromatic heterocycles. The Labute approximate surface area is 123 Å².